The van der Waals surface area contributed by atoms with Gasteiger partial charge in [-0.25, -0.2) is 15.0 Å². The van der Waals surface area contributed by atoms with Crippen molar-refractivity contribution in [3.05, 3.63) is 78.3 Å². The molecule has 0 atom stereocenters. The second-order valence-corrected chi connectivity index (χ2v) is 6.05. The van der Waals surface area contributed by atoms with Gasteiger partial charge in [-0.1, -0.05) is 29.8 Å². The average molecular weight is 364 g/mol. The molecule has 0 radical (unpaired) electrons. The summed E-state index contributed by atoms with van der Waals surface area (Å²) in [6, 6.07) is 16.5. The average Bonchev–Trinajstić information content (AvgIpc) is 3.07. The van der Waals surface area contributed by atoms with Crippen molar-refractivity contribution in [1.82, 2.24) is 19.5 Å². The van der Waals surface area contributed by atoms with Gasteiger partial charge in [0.2, 0.25) is 0 Å². The third-order valence-corrected chi connectivity index (χ3v) is 4.11. The summed E-state index contributed by atoms with van der Waals surface area (Å²) in [6.07, 6.45) is 4.82. The summed E-state index contributed by atoms with van der Waals surface area (Å²) in [5.41, 5.74) is 2.14. The van der Waals surface area contributed by atoms with Gasteiger partial charge >= 0.3 is 0 Å². The van der Waals surface area contributed by atoms with Crippen molar-refractivity contribution < 1.29 is 4.79 Å². The van der Waals surface area contributed by atoms with E-state index in [4.69, 9.17) is 11.6 Å². The van der Waals surface area contributed by atoms with Crippen LogP contribution in [0.15, 0.2) is 73.3 Å². The van der Waals surface area contributed by atoms with Crippen LogP contribution in [0.5, 0.6) is 0 Å². The molecular weight excluding hydrogens is 350 g/mol. The van der Waals surface area contributed by atoms with Gasteiger partial charge in [-0.05, 0) is 36.4 Å². The summed E-state index contributed by atoms with van der Waals surface area (Å²) < 4.78 is 1.73. The fourth-order valence-corrected chi connectivity index (χ4v) is 2.82. The second kappa shape index (κ2) is 6.93. The van der Waals surface area contributed by atoms with E-state index in [-0.39, 0.29) is 12.5 Å². The first-order chi connectivity index (χ1) is 12.7. The first kappa shape index (κ1) is 16.2. The number of para-hydroxylation sites is 1. The van der Waals surface area contributed by atoms with E-state index in [0.717, 1.165) is 11.2 Å². The number of imidazole rings is 1. The molecule has 0 aliphatic carbocycles. The van der Waals surface area contributed by atoms with Crippen LogP contribution in [-0.4, -0.2) is 25.4 Å². The summed E-state index contributed by atoms with van der Waals surface area (Å²) in [5.74, 6) is 0.346. The van der Waals surface area contributed by atoms with Gasteiger partial charge in [-0.15, -0.1) is 0 Å². The van der Waals surface area contributed by atoms with Crippen LogP contribution >= 0.6 is 11.6 Å². The van der Waals surface area contributed by atoms with Gasteiger partial charge in [0.25, 0.3) is 5.91 Å². The van der Waals surface area contributed by atoms with Crippen LogP contribution in [0.4, 0.5) is 11.5 Å². The lowest BCUT2D eigenvalue weighted by Crippen LogP contribution is -2.30. The molecule has 0 aliphatic rings. The maximum atomic E-state index is 13.1. The third kappa shape index (κ3) is 3.14. The maximum Gasteiger partial charge on any atom is 0.252 e. The standard InChI is InChI=1S/C19H14ClN5O/c20-14-8-9-17(22-11-14)25(15-5-2-1-3-6-15)18(26)12-24-13-23-16-7-4-10-21-19(16)24/h1-11,13H,12H2. The predicted octanol–water partition coefficient (Wildman–Crippen LogP) is 3.84. The molecule has 4 rings (SSSR count). The highest BCUT2D eigenvalue weighted by molar-refractivity contribution is 6.30. The number of aromatic nitrogens is 4. The second-order valence-electron chi connectivity index (χ2n) is 5.62. The number of amides is 1. The first-order valence-corrected chi connectivity index (χ1v) is 8.35. The summed E-state index contributed by atoms with van der Waals surface area (Å²) in [5, 5.41) is 0.513. The van der Waals surface area contributed by atoms with Crippen LogP contribution in [0.2, 0.25) is 5.02 Å². The molecule has 7 heteroatoms. The van der Waals surface area contributed by atoms with Crippen molar-refractivity contribution >= 4 is 40.2 Å². The van der Waals surface area contributed by atoms with Gasteiger partial charge in [0, 0.05) is 12.4 Å². The van der Waals surface area contributed by atoms with Crippen LogP contribution < -0.4 is 4.90 Å². The Morgan fingerprint density at radius 1 is 1.00 bits per heavy atom. The summed E-state index contributed by atoms with van der Waals surface area (Å²) >= 11 is 5.94. The van der Waals surface area contributed by atoms with E-state index in [2.05, 4.69) is 15.0 Å². The van der Waals surface area contributed by atoms with Crippen molar-refractivity contribution in [2.24, 2.45) is 0 Å². The molecule has 1 amide bonds. The van der Waals surface area contributed by atoms with Gasteiger partial charge < -0.3 is 4.57 Å². The van der Waals surface area contributed by atoms with Crippen molar-refractivity contribution in [3.8, 4) is 0 Å². The van der Waals surface area contributed by atoms with Crippen molar-refractivity contribution in [2.45, 2.75) is 6.54 Å². The van der Waals surface area contributed by atoms with Gasteiger partial charge in [-0.2, -0.15) is 0 Å². The number of anilines is 2. The van der Waals surface area contributed by atoms with Crippen LogP contribution in [0, 0.1) is 0 Å². The molecule has 0 N–H and O–H groups in total. The Labute approximate surface area is 154 Å². The number of rotatable bonds is 4. The quantitative estimate of drug-likeness (QED) is 0.552. The van der Waals surface area contributed by atoms with Crippen LogP contribution in [0.1, 0.15) is 0 Å². The van der Waals surface area contributed by atoms with E-state index in [1.807, 2.05) is 42.5 Å². The Morgan fingerprint density at radius 3 is 2.62 bits per heavy atom. The van der Waals surface area contributed by atoms with E-state index in [1.54, 1.807) is 34.1 Å². The Bertz CT molecular complexity index is 1050. The molecule has 0 aliphatic heterocycles. The van der Waals surface area contributed by atoms with E-state index >= 15 is 0 Å². The van der Waals surface area contributed by atoms with Crippen LogP contribution in [0.3, 0.4) is 0 Å². The molecule has 128 valence electrons. The van der Waals surface area contributed by atoms with E-state index in [1.165, 1.54) is 6.20 Å². The molecule has 3 heterocycles. The fourth-order valence-electron chi connectivity index (χ4n) is 2.71. The Kier molecular flexibility index (Phi) is 4.33. The van der Waals surface area contributed by atoms with E-state index in [0.29, 0.717) is 16.5 Å². The summed E-state index contributed by atoms with van der Waals surface area (Å²) in [7, 11) is 0. The Morgan fingerprint density at radius 2 is 1.85 bits per heavy atom. The highest BCUT2D eigenvalue weighted by Gasteiger charge is 2.20. The van der Waals surface area contributed by atoms with Gasteiger partial charge in [0.15, 0.2) is 5.65 Å². The topological polar surface area (TPSA) is 63.9 Å². The highest BCUT2D eigenvalue weighted by atomic mass is 35.5. The third-order valence-electron chi connectivity index (χ3n) is 3.88. The zero-order chi connectivity index (χ0) is 17.9. The molecule has 4 aromatic rings. The highest BCUT2D eigenvalue weighted by Crippen LogP contribution is 2.25. The molecule has 0 spiro atoms. The first-order valence-electron chi connectivity index (χ1n) is 7.98. The maximum absolute atomic E-state index is 13.1. The molecule has 26 heavy (non-hydrogen) atoms. The zero-order valence-corrected chi connectivity index (χ0v) is 14.4. The molecule has 0 unspecified atom stereocenters. The number of nitrogens with zero attached hydrogens (tertiary/aromatic N) is 5. The largest absolute Gasteiger partial charge is 0.306 e. The minimum Gasteiger partial charge on any atom is -0.306 e. The normalized spacial score (nSPS) is 10.8. The van der Waals surface area contributed by atoms with Crippen molar-refractivity contribution in [1.29, 1.82) is 0 Å². The molecule has 0 saturated heterocycles. The molecular formula is C19H14ClN5O. The fraction of sp³-hybridized carbons (Fsp3) is 0.0526. The van der Waals surface area contributed by atoms with Crippen molar-refractivity contribution in [3.63, 3.8) is 0 Å². The Hall–Kier alpha value is -3.25. The monoisotopic (exact) mass is 363 g/mol. The summed E-state index contributed by atoms with van der Waals surface area (Å²) in [6.45, 7) is 0.0900. The minimum atomic E-state index is -0.157. The van der Waals surface area contributed by atoms with Gasteiger partial charge in [-0.3, -0.25) is 9.69 Å². The molecule has 1 aromatic carbocycles. The Balaban J connectivity index is 1.71. The van der Waals surface area contributed by atoms with Crippen LogP contribution in [-0.2, 0) is 11.3 Å². The smallest absolute Gasteiger partial charge is 0.252 e. The minimum absolute atomic E-state index is 0.0900. The molecule has 6 nitrogen and oxygen atoms in total. The number of hydrogen-bond acceptors (Lipinski definition) is 4. The molecule has 0 fully saturated rings. The predicted molar refractivity (Wildman–Crippen MR) is 100 cm³/mol. The zero-order valence-electron chi connectivity index (χ0n) is 13.7. The number of carbonyl (C=O) groups excluding carboxylic acids is 1. The molecule has 3 aromatic heterocycles. The van der Waals surface area contributed by atoms with E-state index < -0.39 is 0 Å². The number of benzene rings is 1. The van der Waals surface area contributed by atoms with E-state index in [9.17, 15) is 4.79 Å². The van der Waals surface area contributed by atoms with Gasteiger partial charge in [0.05, 0.1) is 17.0 Å². The molecule has 0 bridgehead atoms. The SMILES string of the molecule is O=C(Cn1cnc2cccnc21)N(c1ccccc1)c1ccc(Cl)cn1. The number of pyridine rings is 2. The molecule has 0 saturated carbocycles. The summed E-state index contributed by atoms with van der Waals surface area (Å²) in [4.78, 5) is 27.6. The van der Waals surface area contributed by atoms with Crippen LogP contribution in [0.25, 0.3) is 11.2 Å². The number of hydrogen-bond donors (Lipinski definition) is 0. The van der Waals surface area contributed by atoms with Crippen molar-refractivity contribution in [2.75, 3.05) is 4.90 Å². The lowest BCUT2D eigenvalue weighted by Gasteiger charge is -2.22. The number of halogens is 1. The number of carbonyl (C=O) groups is 1. The number of fused-ring (bicyclic) bond motifs is 1. The lowest BCUT2D eigenvalue weighted by molar-refractivity contribution is -0.118. The van der Waals surface area contributed by atoms with Gasteiger partial charge in [0.1, 0.15) is 17.9 Å². The lowest BCUT2D eigenvalue weighted by atomic mass is 10.2.